The molecule has 84 valence electrons. The zero-order valence-electron chi connectivity index (χ0n) is 9.08. The summed E-state index contributed by atoms with van der Waals surface area (Å²) in [5.41, 5.74) is 0.710. The largest absolute Gasteiger partial charge is 0.381 e. The molecule has 0 radical (unpaired) electrons. The topological polar surface area (TPSA) is 27.1 Å². The fourth-order valence-corrected chi connectivity index (χ4v) is 1.96. The van der Waals surface area contributed by atoms with E-state index in [2.05, 4.69) is 5.10 Å². The zero-order chi connectivity index (χ0) is 10.7. The Balaban J connectivity index is 1.97. The predicted molar refractivity (Wildman–Crippen MR) is 55.1 cm³/mol. The summed E-state index contributed by atoms with van der Waals surface area (Å²) >= 11 is 0. The van der Waals surface area contributed by atoms with Gasteiger partial charge in [0.1, 0.15) is 0 Å². The molecule has 1 aromatic rings. The highest BCUT2D eigenvalue weighted by Gasteiger charge is 2.15. The van der Waals surface area contributed by atoms with Gasteiger partial charge in [-0.3, -0.25) is 4.68 Å². The molecule has 0 unspecified atom stereocenters. The van der Waals surface area contributed by atoms with Crippen LogP contribution in [-0.2, 0) is 17.7 Å². The van der Waals surface area contributed by atoms with E-state index in [1.807, 2.05) is 13.1 Å². The Kier molecular flexibility index (Phi) is 3.36. The van der Waals surface area contributed by atoms with Crippen LogP contribution in [0, 0.1) is 11.9 Å². The number of aryl methyl sites for hydroxylation is 1. The molecular formula is C11H17FN2O. The third kappa shape index (κ3) is 2.56. The van der Waals surface area contributed by atoms with Crippen LogP contribution in [0.3, 0.4) is 0 Å². The maximum atomic E-state index is 13.2. The highest BCUT2D eigenvalue weighted by molar-refractivity contribution is 5.05. The highest BCUT2D eigenvalue weighted by Crippen LogP contribution is 2.17. The maximum absolute atomic E-state index is 13.2. The van der Waals surface area contributed by atoms with Crippen LogP contribution >= 0.6 is 0 Å². The summed E-state index contributed by atoms with van der Waals surface area (Å²) in [7, 11) is 0. The smallest absolute Gasteiger partial charge is 0.235 e. The quantitative estimate of drug-likeness (QED) is 0.766. The summed E-state index contributed by atoms with van der Waals surface area (Å²) in [6.45, 7) is 4.42. The van der Waals surface area contributed by atoms with Gasteiger partial charge in [-0.1, -0.05) is 6.92 Å². The molecule has 0 amide bonds. The van der Waals surface area contributed by atoms with E-state index in [0.29, 0.717) is 17.9 Å². The number of rotatable bonds is 3. The Bertz CT molecular complexity index is 318. The van der Waals surface area contributed by atoms with Crippen LogP contribution < -0.4 is 0 Å². The molecule has 1 aliphatic rings. The SMILES string of the molecule is CCc1cn(CC2CCOCC2)nc1F. The Morgan fingerprint density at radius 2 is 2.27 bits per heavy atom. The van der Waals surface area contributed by atoms with Crippen LogP contribution in [0.2, 0.25) is 0 Å². The molecule has 2 rings (SSSR count). The van der Waals surface area contributed by atoms with Gasteiger partial charge < -0.3 is 4.74 Å². The van der Waals surface area contributed by atoms with Gasteiger partial charge in [0, 0.05) is 31.5 Å². The summed E-state index contributed by atoms with van der Waals surface area (Å²) in [6.07, 6.45) is 4.65. The normalized spacial score (nSPS) is 18.3. The van der Waals surface area contributed by atoms with E-state index in [9.17, 15) is 4.39 Å². The molecule has 1 aromatic heterocycles. The Morgan fingerprint density at radius 3 is 2.87 bits per heavy atom. The lowest BCUT2D eigenvalue weighted by Crippen LogP contribution is -2.20. The monoisotopic (exact) mass is 212 g/mol. The molecule has 0 aliphatic carbocycles. The Labute approximate surface area is 89.2 Å². The van der Waals surface area contributed by atoms with E-state index >= 15 is 0 Å². The molecule has 0 spiro atoms. The van der Waals surface area contributed by atoms with Crippen molar-refractivity contribution in [2.24, 2.45) is 5.92 Å². The predicted octanol–water partition coefficient (Wildman–Crippen LogP) is 2.01. The summed E-state index contributed by atoms with van der Waals surface area (Å²) in [5, 5.41) is 3.88. The van der Waals surface area contributed by atoms with Gasteiger partial charge in [0.25, 0.3) is 0 Å². The van der Waals surface area contributed by atoms with Gasteiger partial charge in [0.2, 0.25) is 5.95 Å². The fourth-order valence-electron chi connectivity index (χ4n) is 1.96. The van der Waals surface area contributed by atoms with Crippen molar-refractivity contribution in [2.75, 3.05) is 13.2 Å². The molecule has 4 heteroatoms. The van der Waals surface area contributed by atoms with Crippen molar-refractivity contribution in [3.8, 4) is 0 Å². The third-order valence-electron chi connectivity index (χ3n) is 2.95. The molecule has 0 aromatic carbocycles. The molecule has 3 nitrogen and oxygen atoms in total. The number of aromatic nitrogens is 2. The molecule has 15 heavy (non-hydrogen) atoms. The van der Waals surface area contributed by atoms with E-state index in [1.54, 1.807) is 4.68 Å². The van der Waals surface area contributed by atoms with Crippen LogP contribution in [0.5, 0.6) is 0 Å². The van der Waals surface area contributed by atoms with Gasteiger partial charge in [-0.2, -0.15) is 4.39 Å². The number of nitrogens with zero attached hydrogens (tertiary/aromatic N) is 2. The standard InChI is InChI=1S/C11H17FN2O/c1-2-10-8-14(13-11(10)12)7-9-3-5-15-6-4-9/h8-9H,2-7H2,1H3. The van der Waals surface area contributed by atoms with Crippen LogP contribution in [0.1, 0.15) is 25.3 Å². The van der Waals surface area contributed by atoms with Crippen molar-refractivity contribution in [1.82, 2.24) is 9.78 Å². The first-order valence-electron chi connectivity index (χ1n) is 5.59. The average molecular weight is 212 g/mol. The van der Waals surface area contributed by atoms with E-state index in [-0.39, 0.29) is 5.95 Å². The highest BCUT2D eigenvalue weighted by atomic mass is 19.1. The molecule has 2 heterocycles. The van der Waals surface area contributed by atoms with Gasteiger partial charge in [-0.15, -0.1) is 5.10 Å². The van der Waals surface area contributed by atoms with E-state index in [0.717, 1.165) is 32.6 Å². The third-order valence-corrected chi connectivity index (χ3v) is 2.95. The molecule has 1 fully saturated rings. The fraction of sp³-hybridized carbons (Fsp3) is 0.727. The first-order chi connectivity index (χ1) is 7.29. The second-order valence-corrected chi connectivity index (χ2v) is 4.08. The summed E-state index contributed by atoms with van der Waals surface area (Å²) < 4.78 is 20.2. The maximum Gasteiger partial charge on any atom is 0.235 e. The molecule has 0 bridgehead atoms. The molecule has 0 N–H and O–H groups in total. The molecule has 0 atom stereocenters. The second kappa shape index (κ2) is 4.75. The first kappa shape index (κ1) is 10.6. The van der Waals surface area contributed by atoms with Crippen LogP contribution in [-0.4, -0.2) is 23.0 Å². The summed E-state index contributed by atoms with van der Waals surface area (Å²) in [6, 6.07) is 0. The number of hydrogen-bond acceptors (Lipinski definition) is 2. The molecule has 1 aliphatic heterocycles. The van der Waals surface area contributed by atoms with Crippen molar-refractivity contribution in [1.29, 1.82) is 0 Å². The van der Waals surface area contributed by atoms with Gasteiger partial charge in [0.15, 0.2) is 0 Å². The Morgan fingerprint density at radius 1 is 1.53 bits per heavy atom. The number of hydrogen-bond donors (Lipinski definition) is 0. The van der Waals surface area contributed by atoms with E-state index in [4.69, 9.17) is 4.74 Å². The Hall–Kier alpha value is -0.900. The lowest BCUT2D eigenvalue weighted by molar-refractivity contribution is 0.0600. The first-order valence-corrected chi connectivity index (χ1v) is 5.59. The van der Waals surface area contributed by atoms with Crippen LogP contribution in [0.15, 0.2) is 6.20 Å². The minimum absolute atomic E-state index is 0.315. The van der Waals surface area contributed by atoms with Gasteiger partial charge >= 0.3 is 0 Å². The average Bonchev–Trinajstić information content (AvgIpc) is 2.60. The minimum Gasteiger partial charge on any atom is -0.381 e. The van der Waals surface area contributed by atoms with Crippen molar-refractivity contribution in [3.63, 3.8) is 0 Å². The molecule has 0 saturated carbocycles. The minimum atomic E-state index is -0.315. The number of halogens is 1. The lowest BCUT2D eigenvalue weighted by Gasteiger charge is -2.21. The molecule has 1 saturated heterocycles. The lowest BCUT2D eigenvalue weighted by atomic mass is 10.0. The van der Waals surface area contributed by atoms with E-state index in [1.165, 1.54) is 0 Å². The second-order valence-electron chi connectivity index (χ2n) is 4.08. The number of ether oxygens (including phenoxy) is 1. The van der Waals surface area contributed by atoms with Crippen LogP contribution in [0.25, 0.3) is 0 Å². The summed E-state index contributed by atoms with van der Waals surface area (Å²) in [5.74, 6) is 0.271. The van der Waals surface area contributed by atoms with Gasteiger partial charge in [-0.25, -0.2) is 0 Å². The van der Waals surface area contributed by atoms with Crippen molar-refractivity contribution in [2.45, 2.75) is 32.7 Å². The van der Waals surface area contributed by atoms with Crippen LogP contribution in [0.4, 0.5) is 4.39 Å². The summed E-state index contributed by atoms with van der Waals surface area (Å²) in [4.78, 5) is 0. The van der Waals surface area contributed by atoms with Gasteiger partial charge in [0.05, 0.1) is 0 Å². The van der Waals surface area contributed by atoms with Crippen molar-refractivity contribution in [3.05, 3.63) is 17.7 Å². The van der Waals surface area contributed by atoms with Crippen molar-refractivity contribution >= 4 is 0 Å². The van der Waals surface area contributed by atoms with Gasteiger partial charge in [-0.05, 0) is 25.2 Å². The van der Waals surface area contributed by atoms with E-state index < -0.39 is 0 Å². The van der Waals surface area contributed by atoms with Crippen molar-refractivity contribution < 1.29 is 9.13 Å². The zero-order valence-corrected chi connectivity index (χ0v) is 9.08. The molecular weight excluding hydrogens is 195 g/mol.